The van der Waals surface area contributed by atoms with Crippen molar-refractivity contribution in [2.45, 2.75) is 117 Å². The van der Waals surface area contributed by atoms with Crippen molar-refractivity contribution in [3.63, 3.8) is 0 Å². The van der Waals surface area contributed by atoms with Gasteiger partial charge in [0.15, 0.2) is 0 Å². The molecule has 4 rings (SSSR count). The van der Waals surface area contributed by atoms with Gasteiger partial charge in [0.1, 0.15) is 0 Å². The molecule has 0 radical (unpaired) electrons. The van der Waals surface area contributed by atoms with E-state index in [0.717, 1.165) is 55.8 Å². The first kappa shape index (κ1) is 22.8. The van der Waals surface area contributed by atoms with E-state index < -0.39 is 5.60 Å². The van der Waals surface area contributed by atoms with Crippen LogP contribution in [0.2, 0.25) is 0 Å². The minimum absolute atomic E-state index is 0.131. The number of hydrogen-bond donors (Lipinski definition) is 2. The largest absolute Gasteiger partial charge is 0.393 e. The van der Waals surface area contributed by atoms with E-state index in [0.29, 0.717) is 23.2 Å². The van der Waals surface area contributed by atoms with Crippen LogP contribution in [0.4, 0.5) is 0 Å². The Balaban J connectivity index is 1.47. The Kier molecular flexibility index (Phi) is 6.50. The molecule has 0 heterocycles. The molecule has 4 aliphatic rings. The molecule has 3 saturated carbocycles. The number of aliphatic hydroxyl groups excluding tert-OH is 1. The van der Waals surface area contributed by atoms with E-state index in [4.69, 9.17) is 0 Å². The molecule has 0 aromatic carbocycles. The average Bonchev–Trinajstić information content (AvgIpc) is 3.08. The number of aliphatic hydroxyl groups is 2. The summed E-state index contributed by atoms with van der Waals surface area (Å²) in [6, 6.07) is 0. The summed E-state index contributed by atoms with van der Waals surface area (Å²) in [5, 5.41) is 21.8. The highest BCUT2D eigenvalue weighted by atomic mass is 16.3. The Hall–Kier alpha value is -0.340. The van der Waals surface area contributed by atoms with Crippen LogP contribution in [0, 0.1) is 46.8 Å². The van der Waals surface area contributed by atoms with Gasteiger partial charge in [-0.1, -0.05) is 46.3 Å². The smallest absolute Gasteiger partial charge is 0.0682 e. The van der Waals surface area contributed by atoms with Crippen molar-refractivity contribution in [3.8, 4) is 0 Å². The lowest BCUT2D eigenvalue weighted by atomic mass is 9.50. The monoisotopic (exact) mass is 416 g/mol. The molecule has 2 unspecified atom stereocenters. The molecule has 2 heteroatoms. The van der Waals surface area contributed by atoms with Crippen molar-refractivity contribution in [2.24, 2.45) is 46.8 Å². The Morgan fingerprint density at radius 3 is 2.50 bits per heavy atom. The Bertz CT molecular complexity index is 639. The maximum absolute atomic E-state index is 11.0. The van der Waals surface area contributed by atoms with E-state index in [1.165, 1.54) is 38.5 Å². The van der Waals surface area contributed by atoms with Crippen molar-refractivity contribution in [1.82, 2.24) is 0 Å². The molecule has 0 spiro atoms. The molecule has 0 aromatic rings. The zero-order valence-electron chi connectivity index (χ0n) is 20.4. The van der Waals surface area contributed by atoms with Crippen LogP contribution in [0.5, 0.6) is 0 Å². The van der Waals surface area contributed by atoms with Gasteiger partial charge >= 0.3 is 0 Å². The number of allylic oxidation sites excluding steroid dienone is 1. The zero-order chi connectivity index (χ0) is 21.7. The lowest BCUT2D eigenvalue weighted by Crippen LogP contribution is -2.48. The van der Waals surface area contributed by atoms with Crippen molar-refractivity contribution in [3.05, 3.63) is 11.6 Å². The van der Waals surface area contributed by atoms with Crippen LogP contribution >= 0.6 is 0 Å². The zero-order valence-corrected chi connectivity index (χ0v) is 20.4. The van der Waals surface area contributed by atoms with Crippen LogP contribution in [0.3, 0.4) is 0 Å². The molecule has 2 nitrogen and oxygen atoms in total. The van der Waals surface area contributed by atoms with E-state index in [1.807, 2.05) is 0 Å². The lowest BCUT2D eigenvalue weighted by Gasteiger charge is -2.55. The standard InChI is InChI=1S/C28H48O2/c1-6-28(30)16-14-21-20(17-28)8-9-23-22(21)13-15-27(5)24(10-11-25(23)27)19(4)26(29)12-7-18(2)3/h8,18-19,21-26,29-30H,6-7,9-17H2,1-5H3/t19?,21-,22+,23+,24+,25-,26?,27+,28-/m0/s1. The first-order chi connectivity index (χ1) is 14.2. The number of fused-ring (bicyclic) bond motifs is 5. The third-order valence-corrected chi connectivity index (χ3v) is 10.6. The summed E-state index contributed by atoms with van der Waals surface area (Å²) in [4.78, 5) is 0. The quantitative estimate of drug-likeness (QED) is 0.470. The molecule has 0 aliphatic heterocycles. The fourth-order valence-corrected chi connectivity index (χ4v) is 8.61. The summed E-state index contributed by atoms with van der Waals surface area (Å²) in [5.74, 6) is 5.07. The maximum Gasteiger partial charge on any atom is 0.0682 e. The van der Waals surface area contributed by atoms with Gasteiger partial charge in [-0.3, -0.25) is 0 Å². The van der Waals surface area contributed by atoms with Gasteiger partial charge in [0.05, 0.1) is 11.7 Å². The van der Waals surface area contributed by atoms with E-state index >= 15 is 0 Å². The van der Waals surface area contributed by atoms with Gasteiger partial charge < -0.3 is 10.2 Å². The Morgan fingerprint density at radius 1 is 1.03 bits per heavy atom. The lowest BCUT2D eigenvalue weighted by molar-refractivity contribution is -0.0569. The minimum atomic E-state index is -0.432. The summed E-state index contributed by atoms with van der Waals surface area (Å²) < 4.78 is 0. The van der Waals surface area contributed by atoms with Gasteiger partial charge in [-0.15, -0.1) is 0 Å². The van der Waals surface area contributed by atoms with Gasteiger partial charge in [-0.05, 0) is 117 Å². The van der Waals surface area contributed by atoms with Gasteiger partial charge in [0.25, 0.3) is 0 Å². The van der Waals surface area contributed by atoms with Gasteiger partial charge in [-0.2, -0.15) is 0 Å². The van der Waals surface area contributed by atoms with Gasteiger partial charge in [0, 0.05) is 0 Å². The normalized spacial score (nSPS) is 45.3. The van der Waals surface area contributed by atoms with Gasteiger partial charge in [0.2, 0.25) is 0 Å². The van der Waals surface area contributed by atoms with Gasteiger partial charge in [-0.25, -0.2) is 0 Å². The summed E-state index contributed by atoms with van der Waals surface area (Å²) in [6.45, 7) is 11.6. The Morgan fingerprint density at radius 2 is 1.80 bits per heavy atom. The third kappa shape index (κ3) is 3.94. The van der Waals surface area contributed by atoms with Crippen LogP contribution in [-0.4, -0.2) is 21.9 Å². The van der Waals surface area contributed by atoms with Crippen molar-refractivity contribution >= 4 is 0 Å². The highest BCUT2D eigenvalue weighted by Crippen LogP contribution is 2.65. The molecule has 0 amide bonds. The molecular weight excluding hydrogens is 368 g/mol. The molecular formula is C28H48O2. The second kappa shape index (κ2) is 8.54. The second-order valence-corrected chi connectivity index (χ2v) is 12.5. The van der Waals surface area contributed by atoms with E-state index in [9.17, 15) is 10.2 Å². The highest BCUT2D eigenvalue weighted by Gasteiger charge is 2.57. The summed E-state index contributed by atoms with van der Waals surface area (Å²) in [5.41, 5.74) is 1.59. The van der Waals surface area contributed by atoms with Crippen LogP contribution < -0.4 is 0 Å². The molecule has 4 aliphatic carbocycles. The SMILES string of the molecule is CC[C@]1(O)CC[C@H]2C(=CC[C@@H]3[C@@H]2CC[C@]2(C)[C@@H](C(C)C(O)CCC(C)C)CC[C@@H]32)C1. The fourth-order valence-electron chi connectivity index (χ4n) is 8.61. The van der Waals surface area contributed by atoms with E-state index in [-0.39, 0.29) is 6.10 Å². The molecule has 3 fully saturated rings. The third-order valence-electron chi connectivity index (χ3n) is 10.6. The molecule has 0 bridgehead atoms. The first-order valence-corrected chi connectivity index (χ1v) is 13.3. The van der Waals surface area contributed by atoms with Crippen molar-refractivity contribution in [1.29, 1.82) is 0 Å². The molecule has 2 N–H and O–H groups in total. The number of hydrogen-bond acceptors (Lipinski definition) is 2. The molecule has 0 saturated heterocycles. The summed E-state index contributed by atoms with van der Waals surface area (Å²) >= 11 is 0. The predicted molar refractivity (Wildman–Crippen MR) is 125 cm³/mol. The Labute approximate surface area is 185 Å². The van der Waals surface area contributed by atoms with Crippen molar-refractivity contribution < 1.29 is 10.2 Å². The average molecular weight is 417 g/mol. The van der Waals surface area contributed by atoms with E-state index in [1.54, 1.807) is 5.57 Å². The van der Waals surface area contributed by atoms with Crippen LogP contribution in [-0.2, 0) is 0 Å². The summed E-state index contributed by atoms with van der Waals surface area (Å²) in [6.07, 6.45) is 15.2. The summed E-state index contributed by atoms with van der Waals surface area (Å²) in [7, 11) is 0. The number of rotatable bonds is 6. The predicted octanol–water partition coefficient (Wildman–Crippen LogP) is 6.75. The van der Waals surface area contributed by atoms with Crippen LogP contribution in [0.15, 0.2) is 11.6 Å². The molecule has 0 aromatic heterocycles. The first-order valence-electron chi connectivity index (χ1n) is 13.3. The van der Waals surface area contributed by atoms with E-state index in [2.05, 4.69) is 40.7 Å². The molecule has 172 valence electrons. The highest BCUT2D eigenvalue weighted by molar-refractivity contribution is 5.22. The maximum atomic E-state index is 11.0. The topological polar surface area (TPSA) is 40.5 Å². The molecule has 9 atom stereocenters. The fraction of sp³-hybridized carbons (Fsp3) is 0.929. The van der Waals surface area contributed by atoms with Crippen LogP contribution in [0.1, 0.15) is 105 Å². The van der Waals surface area contributed by atoms with Crippen LogP contribution in [0.25, 0.3) is 0 Å². The minimum Gasteiger partial charge on any atom is -0.393 e. The second-order valence-electron chi connectivity index (χ2n) is 12.5. The van der Waals surface area contributed by atoms with Crippen molar-refractivity contribution in [2.75, 3.05) is 0 Å². The molecule has 30 heavy (non-hydrogen) atoms.